The molecule has 1 aliphatic heterocycles. The third-order valence-electron chi connectivity index (χ3n) is 1.93. The summed E-state index contributed by atoms with van der Waals surface area (Å²) in [5.41, 5.74) is 0.437. The van der Waals surface area contributed by atoms with Gasteiger partial charge in [0, 0.05) is 0 Å². The molecule has 1 atom stereocenters. The monoisotopic (exact) mass is 211 g/mol. The normalized spacial score (nSPS) is 19.0. The Bertz CT molecular complexity index is 434. The first-order valence-electron chi connectivity index (χ1n) is 3.82. The summed E-state index contributed by atoms with van der Waals surface area (Å²) in [7, 11) is -3.14. The molecule has 1 aliphatic rings. The van der Waals surface area contributed by atoms with Crippen LogP contribution in [0.3, 0.4) is 0 Å². The fourth-order valence-corrected chi connectivity index (χ4v) is 2.17. The molecule has 14 heavy (non-hydrogen) atoms. The lowest BCUT2D eigenvalue weighted by atomic mass is 9.79. The van der Waals surface area contributed by atoms with Crippen LogP contribution in [0.2, 0.25) is 0 Å². The van der Waals surface area contributed by atoms with E-state index in [0.29, 0.717) is 4.90 Å². The summed E-state index contributed by atoms with van der Waals surface area (Å²) >= 11 is 0. The van der Waals surface area contributed by atoms with Gasteiger partial charge in [0.15, 0.2) is 11.0 Å². The molecule has 0 bridgehead atoms. The Morgan fingerprint density at radius 1 is 1.36 bits per heavy atom. The highest BCUT2D eigenvalue weighted by Gasteiger charge is 2.27. The summed E-state index contributed by atoms with van der Waals surface area (Å²) in [6.07, 6.45) is 0. The third-order valence-corrected chi connectivity index (χ3v) is 3.06. The number of nitrogens with one attached hydrogen (secondary N) is 1. The van der Waals surface area contributed by atoms with Crippen LogP contribution < -0.4 is 10.2 Å². The highest BCUT2D eigenvalue weighted by molar-refractivity contribution is 7.84. The Morgan fingerprint density at radius 3 is 2.71 bits per heavy atom. The second kappa shape index (κ2) is 3.20. The summed E-state index contributed by atoms with van der Waals surface area (Å²) < 4.78 is 13.4. The van der Waals surface area contributed by atoms with Crippen molar-refractivity contribution in [3.05, 3.63) is 23.8 Å². The van der Waals surface area contributed by atoms with Gasteiger partial charge in [-0.3, -0.25) is 9.52 Å². The van der Waals surface area contributed by atoms with E-state index in [1.165, 1.54) is 18.2 Å². The maximum atomic E-state index is 11.2. The van der Waals surface area contributed by atoms with Crippen molar-refractivity contribution in [1.29, 1.82) is 0 Å². The minimum Gasteiger partial charge on any atom is -0.423 e. The van der Waals surface area contributed by atoms with Crippen LogP contribution >= 0.6 is 0 Å². The number of hydrogen-bond donors (Lipinski definition) is 3. The fraction of sp³-hybridized carbons (Fsp3) is 0. The summed E-state index contributed by atoms with van der Waals surface area (Å²) in [6.45, 7) is 0. The number of hydrogen-bond acceptors (Lipinski definition) is 4. The maximum absolute atomic E-state index is 11.2. The van der Waals surface area contributed by atoms with E-state index in [0.717, 1.165) is 0 Å². The molecular weight excluding hydrogens is 205 g/mol. The van der Waals surface area contributed by atoms with Gasteiger partial charge in [0.1, 0.15) is 0 Å². The number of fused-ring (bicyclic) bond motifs is 1. The van der Waals surface area contributed by atoms with Gasteiger partial charge in [-0.25, -0.2) is 4.21 Å². The topological polar surface area (TPSA) is 86.6 Å². The second-order valence-corrected chi connectivity index (χ2v) is 4.01. The first-order valence-corrected chi connectivity index (χ1v) is 4.97. The molecule has 1 aromatic carbocycles. The lowest BCUT2D eigenvalue weighted by Gasteiger charge is -1.99. The Labute approximate surface area is 82.5 Å². The number of carbonyl (C=O) groups is 1. The van der Waals surface area contributed by atoms with E-state index in [1.807, 2.05) is 0 Å². The van der Waals surface area contributed by atoms with Crippen LogP contribution in [-0.2, 0) is 11.0 Å². The van der Waals surface area contributed by atoms with E-state index in [9.17, 15) is 9.00 Å². The maximum Gasteiger partial charge on any atom is 0.488 e. The molecule has 2 rings (SSSR count). The van der Waals surface area contributed by atoms with E-state index < -0.39 is 24.0 Å². The van der Waals surface area contributed by atoms with Crippen molar-refractivity contribution in [2.24, 2.45) is 0 Å². The predicted octanol–water partition coefficient (Wildman–Crippen LogP) is -1.87. The zero-order valence-electron chi connectivity index (χ0n) is 6.93. The molecule has 7 heteroatoms. The van der Waals surface area contributed by atoms with Crippen molar-refractivity contribution < 1.29 is 19.1 Å². The van der Waals surface area contributed by atoms with Crippen molar-refractivity contribution in [2.45, 2.75) is 4.90 Å². The van der Waals surface area contributed by atoms with Crippen molar-refractivity contribution in [3.63, 3.8) is 0 Å². The van der Waals surface area contributed by atoms with Gasteiger partial charge in [-0.2, -0.15) is 0 Å². The summed E-state index contributed by atoms with van der Waals surface area (Å²) in [5.74, 6) is -0.458. The molecular formula is C7H6BNO4S. The zero-order valence-corrected chi connectivity index (χ0v) is 7.75. The average Bonchev–Trinajstić information content (AvgIpc) is 2.42. The molecule has 0 spiro atoms. The lowest BCUT2D eigenvalue weighted by Crippen LogP contribution is -2.30. The Hall–Kier alpha value is -1.18. The number of carbonyl (C=O) groups excluding carboxylic acids is 1. The van der Waals surface area contributed by atoms with Crippen LogP contribution in [0.15, 0.2) is 23.1 Å². The van der Waals surface area contributed by atoms with E-state index in [1.54, 1.807) is 0 Å². The first-order chi connectivity index (χ1) is 6.59. The highest BCUT2D eigenvalue weighted by atomic mass is 32.2. The molecule has 1 aromatic rings. The molecule has 0 saturated carbocycles. The molecule has 0 aliphatic carbocycles. The number of benzene rings is 1. The second-order valence-electron chi connectivity index (χ2n) is 2.83. The predicted molar refractivity (Wildman–Crippen MR) is 50.1 cm³/mol. The standard InChI is InChI=1S/C7H6BNO4S/c10-7-5-3-4(8(11)12)1-2-6(5)14(13)9-7/h1-3,11-12H,(H,9,10). The largest absolute Gasteiger partial charge is 0.488 e. The molecule has 0 saturated heterocycles. The van der Waals surface area contributed by atoms with Gasteiger partial charge in [-0.15, -0.1) is 0 Å². The Kier molecular flexibility index (Phi) is 2.14. The fourth-order valence-electron chi connectivity index (χ4n) is 1.24. The van der Waals surface area contributed by atoms with E-state index in [4.69, 9.17) is 10.0 Å². The van der Waals surface area contributed by atoms with Gasteiger partial charge < -0.3 is 10.0 Å². The van der Waals surface area contributed by atoms with Gasteiger partial charge in [0.05, 0.1) is 10.5 Å². The van der Waals surface area contributed by atoms with Crippen LogP contribution in [0.4, 0.5) is 0 Å². The third kappa shape index (κ3) is 1.35. The van der Waals surface area contributed by atoms with Gasteiger partial charge in [-0.1, -0.05) is 6.07 Å². The van der Waals surface area contributed by atoms with Gasteiger partial charge in [0.2, 0.25) is 0 Å². The quantitative estimate of drug-likeness (QED) is 0.475. The molecule has 72 valence electrons. The zero-order chi connectivity index (χ0) is 10.3. The molecule has 1 amide bonds. The smallest absolute Gasteiger partial charge is 0.423 e. The van der Waals surface area contributed by atoms with Crippen LogP contribution in [0.25, 0.3) is 0 Å². The number of rotatable bonds is 1. The van der Waals surface area contributed by atoms with Gasteiger partial charge in [0.25, 0.3) is 5.91 Å². The summed E-state index contributed by atoms with van der Waals surface area (Å²) in [6, 6.07) is 4.18. The van der Waals surface area contributed by atoms with Gasteiger partial charge in [-0.05, 0) is 17.6 Å². The minimum absolute atomic E-state index is 0.206. The van der Waals surface area contributed by atoms with Crippen molar-refractivity contribution in [1.82, 2.24) is 4.72 Å². The SMILES string of the molecule is O=C1NS(=O)c2ccc(B(O)O)cc21. The summed E-state index contributed by atoms with van der Waals surface area (Å²) in [5, 5.41) is 17.7. The van der Waals surface area contributed by atoms with Crippen molar-refractivity contribution >= 4 is 29.5 Å². The van der Waals surface area contributed by atoms with Crippen molar-refractivity contribution in [2.75, 3.05) is 0 Å². The number of amides is 1. The van der Waals surface area contributed by atoms with E-state index >= 15 is 0 Å². The molecule has 3 N–H and O–H groups in total. The van der Waals surface area contributed by atoms with Crippen LogP contribution in [0.5, 0.6) is 0 Å². The van der Waals surface area contributed by atoms with Crippen LogP contribution in [-0.4, -0.2) is 27.3 Å². The molecule has 0 radical (unpaired) electrons. The van der Waals surface area contributed by atoms with Crippen LogP contribution in [0, 0.1) is 0 Å². The molecule has 0 fully saturated rings. The average molecular weight is 211 g/mol. The van der Waals surface area contributed by atoms with Crippen LogP contribution in [0.1, 0.15) is 10.4 Å². The minimum atomic E-state index is -1.62. The molecule has 1 heterocycles. The van der Waals surface area contributed by atoms with E-state index in [-0.39, 0.29) is 11.0 Å². The molecule has 5 nitrogen and oxygen atoms in total. The highest BCUT2D eigenvalue weighted by Crippen LogP contribution is 2.17. The lowest BCUT2D eigenvalue weighted by molar-refractivity contribution is 0.0986. The Balaban J connectivity index is 2.55. The molecule has 1 unspecified atom stereocenters. The molecule has 0 aromatic heterocycles. The van der Waals surface area contributed by atoms with Gasteiger partial charge >= 0.3 is 7.12 Å². The van der Waals surface area contributed by atoms with Crippen molar-refractivity contribution in [3.8, 4) is 0 Å². The van der Waals surface area contributed by atoms with E-state index in [2.05, 4.69) is 4.72 Å². The summed E-state index contributed by atoms with van der Waals surface area (Å²) in [4.78, 5) is 11.6. The first kappa shape index (κ1) is 9.38. The Morgan fingerprint density at radius 2 is 2.07 bits per heavy atom.